The number of halogens is 1. The third-order valence-electron chi connectivity index (χ3n) is 2.61. The zero-order valence-electron chi connectivity index (χ0n) is 9.84. The van der Waals surface area contributed by atoms with Gasteiger partial charge in [-0.05, 0) is 24.0 Å². The minimum atomic E-state index is 0.241. The Balaban J connectivity index is 2.53. The molecule has 0 fully saturated rings. The van der Waals surface area contributed by atoms with Crippen molar-refractivity contribution in [1.82, 2.24) is 0 Å². The van der Waals surface area contributed by atoms with Crippen LogP contribution in [0.25, 0.3) is 0 Å². The lowest BCUT2D eigenvalue weighted by molar-refractivity contribution is -0.115. The van der Waals surface area contributed by atoms with Gasteiger partial charge in [0.05, 0.1) is 5.33 Å². The highest BCUT2D eigenvalue weighted by molar-refractivity contribution is 9.09. The predicted octanol–water partition coefficient (Wildman–Crippen LogP) is 3.93. The van der Waals surface area contributed by atoms with Gasteiger partial charge in [0.1, 0.15) is 5.78 Å². The molecule has 1 nitrogen and oxygen atoms in total. The van der Waals surface area contributed by atoms with Gasteiger partial charge >= 0.3 is 0 Å². The Morgan fingerprint density at radius 2 is 2.00 bits per heavy atom. The Hall–Kier alpha value is -0.630. The lowest BCUT2D eigenvalue weighted by atomic mass is 10.0. The topological polar surface area (TPSA) is 17.1 Å². The van der Waals surface area contributed by atoms with Gasteiger partial charge in [-0.1, -0.05) is 60.0 Å². The normalized spacial score (nSPS) is 10.4. The number of benzene rings is 1. The van der Waals surface area contributed by atoms with E-state index in [1.54, 1.807) is 0 Å². The summed E-state index contributed by atoms with van der Waals surface area (Å²) in [5.41, 5.74) is 2.49. The molecule has 0 aliphatic heterocycles. The molecule has 0 bridgehead atoms. The number of aryl methyl sites for hydroxylation is 1. The van der Waals surface area contributed by atoms with E-state index in [1.807, 2.05) is 6.07 Å². The lowest BCUT2D eigenvalue weighted by Crippen LogP contribution is -2.03. The van der Waals surface area contributed by atoms with Crippen molar-refractivity contribution in [1.29, 1.82) is 0 Å². The summed E-state index contributed by atoms with van der Waals surface area (Å²) in [7, 11) is 0. The van der Waals surface area contributed by atoms with E-state index in [2.05, 4.69) is 41.1 Å². The molecule has 0 amide bonds. The highest BCUT2D eigenvalue weighted by Gasteiger charge is 2.02. The summed E-state index contributed by atoms with van der Waals surface area (Å²) in [6.07, 6.45) is 5.45. The first-order chi connectivity index (χ1) is 7.76. The fraction of sp³-hybridized carbons (Fsp3) is 0.500. The Morgan fingerprint density at radius 3 is 2.69 bits per heavy atom. The molecule has 0 heterocycles. The molecule has 0 aliphatic rings. The molecule has 0 spiro atoms. The molecule has 1 aromatic carbocycles. The number of Topliss-reactive ketones (excluding diaryl/α,β-unsaturated/α-hetero) is 1. The first-order valence-corrected chi connectivity index (χ1v) is 7.04. The number of ketones is 1. The average Bonchev–Trinajstić information content (AvgIpc) is 2.30. The minimum Gasteiger partial charge on any atom is -0.298 e. The van der Waals surface area contributed by atoms with Gasteiger partial charge in [0, 0.05) is 6.42 Å². The van der Waals surface area contributed by atoms with Crippen molar-refractivity contribution in [2.24, 2.45) is 0 Å². The van der Waals surface area contributed by atoms with Crippen LogP contribution in [0.15, 0.2) is 24.3 Å². The molecule has 0 aromatic heterocycles. The molecule has 16 heavy (non-hydrogen) atoms. The monoisotopic (exact) mass is 282 g/mol. The minimum absolute atomic E-state index is 0.241. The van der Waals surface area contributed by atoms with Crippen molar-refractivity contribution in [3.8, 4) is 0 Å². The molecule has 0 saturated heterocycles. The molecule has 0 radical (unpaired) electrons. The van der Waals surface area contributed by atoms with Crippen molar-refractivity contribution in [3.05, 3.63) is 35.4 Å². The summed E-state index contributed by atoms with van der Waals surface area (Å²) in [5, 5.41) is 0.451. The smallest absolute Gasteiger partial charge is 0.147 e. The maximum absolute atomic E-state index is 11.3. The van der Waals surface area contributed by atoms with Crippen molar-refractivity contribution in [2.75, 3.05) is 5.33 Å². The van der Waals surface area contributed by atoms with Crippen molar-refractivity contribution in [3.63, 3.8) is 0 Å². The second kappa shape index (κ2) is 7.61. The van der Waals surface area contributed by atoms with E-state index < -0.39 is 0 Å². The van der Waals surface area contributed by atoms with Crippen LogP contribution in [-0.4, -0.2) is 11.1 Å². The Bertz CT molecular complexity index is 333. The fourth-order valence-electron chi connectivity index (χ4n) is 1.75. The summed E-state index contributed by atoms with van der Waals surface area (Å²) in [4.78, 5) is 11.3. The van der Waals surface area contributed by atoms with Gasteiger partial charge in [-0.3, -0.25) is 4.79 Å². The van der Waals surface area contributed by atoms with E-state index in [0.29, 0.717) is 11.8 Å². The number of rotatable bonds is 7. The van der Waals surface area contributed by atoms with E-state index in [0.717, 1.165) is 12.0 Å². The largest absolute Gasteiger partial charge is 0.298 e. The van der Waals surface area contributed by atoms with E-state index in [-0.39, 0.29) is 5.78 Å². The van der Waals surface area contributed by atoms with Gasteiger partial charge in [0.25, 0.3) is 0 Å². The highest BCUT2D eigenvalue weighted by Crippen LogP contribution is 2.10. The first kappa shape index (κ1) is 13.4. The average molecular weight is 283 g/mol. The van der Waals surface area contributed by atoms with Gasteiger partial charge < -0.3 is 0 Å². The third kappa shape index (κ3) is 4.93. The number of hydrogen-bond acceptors (Lipinski definition) is 1. The number of carbonyl (C=O) groups excluding carboxylic acids is 1. The van der Waals surface area contributed by atoms with Crippen LogP contribution in [0.2, 0.25) is 0 Å². The molecule has 0 atom stereocenters. The quantitative estimate of drug-likeness (QED) is 0.547. The summed E-state index contributed by atoms with van der Waals surface area (Å²) < 4.78 is 0. The van der Waals surface area contributed by atoms with Crippen LogP contribution in [0, 0.1) is 0 Å². The molecule has 0 aliphatic carbocycles. The van der Waals surface area contributed by atoms with Gasteiger partial charge in [-0.25, -0.2) is 0 Å². The van der Waals surface area contributed by atoms with Crippen molar-refractivity contribution < 1.29 is 4.79 Å². The second-order valence-electron chi connectivity index (χ2n) is 4.13. The van der Waals surface area contributed by atoms with Crippen molar-refractivity contribution in [2.45, 2.75) is 39.0 Å². The molecule has 0 saturated carbocycles. The van der Waals surface area contributed by atoms with E-state index in [1.165, 1.54) is 24.8 Å². The molecule has 2 heteroatoms. The number of hydrogen-bond donors (Lipinski definition) is 0. The van der Waals surface area contributed by atoms with Crippen LogP contribution in [0.4, 0.5) is 0 Å². The van der Waals surface area contributed by atoms with Gasteiger partial charge in [0.2, 0.25) is 0 Å². The molecule has 88 valence electrons. The molecule has 1 rings (SSSR count). The molecule has 0 unspecified atom stereocenters. The summed E-state index contributed by atoms with van der Waals surface area (Å²) in [6.45, 7) is 2.21. The van der Waals surface area contributed by atoms with Crippen LogP contribution in [0.3, 0.4) is 0 Å². The summed E-state index contributed by atoms with van der Waals surface area (Å²) in [6, 6.07) is 8.40. The Morgan fingerprint density at radius 1 is 1.25 bits per heavy atom. The SMILES string of the molecule is CCCCCc1cccc(CC(=O)CBr)c1. The van der Waals surface area contributed by atoms with E-state index in [9.17, 15) is 4.79 Å². The second-order valence-corrected chi connectivity index (χ2v) is 4.69. The Labute approximate surface area is 106 Å². The summed E-state index contributed by atoms with van der Waals surface area (Å²) in [5.74, 6) is 0.241. The first-order valence-electron chi connectivity index (χ1n) is 5.91. The van der Waals surface area contributed by atoms with Crippen LogP contribution in [0.1, 0.15) is 37.3 Å². The zero-order chi connectivity index (χ0) is 11.8. The molecule has 0 N–H and O–H groups in total. The van der Waals surface area contributed by atoms with Crippen LogP contribution < -0.4 is 0 Å². The molecular weight excluding hydrogens is 264 g/mol. The van der Waals surface area contributed by atoms with E-state index >= 15 is 0 Å². The highest BCUT2D eigenvalue weighted by atomic mass is 79.9. The van der Waals surface area contributed by atoms with Crippen LogP contribution in [-0.2, 0) is 17.6 Å². The zero-order valence-corrected chi connectivity index (χ0v) is 11.4. The molecular formula is C14H19BrO. The third-order valence-corrected chi connectivity index (χ3v) is 3.24. The van der Waals surface area contributed by atoms with Gasteiger partial charge in [-0.15, -0.1) is 0 Å². The van der Waals surface area contributed by atoms with Gasteiger partial charge in [-0.2, -0.15) is 0 Å². The molecule has 1 aromatic rings. The maximum atomic E-state index is 11.3. The number of unbranched alkanes of at least 4 members (excludes halogenated alkanes) is 2. The van der Waals surface area contributed by atoms with Gasteiger partial charge in [0.15, 0.2) is 0 Å². The van der Waals surface area contributed by atoms with Crippen LogP contribution in [0.5, 0.6) is 0 Å². The van der Waals surface area contributed by atoms with Crippen molar-refractivity contribution >= 4 is 21.7 Å². The predicted molar refractivity (Wildman–Crippen MR) is 72.2 cm³/mol. The standard InChI is InChI=1S/C14H19BrO/c1-2-3-4-6-12-7-5-8-13(9-12)10-14(16)11-15/h5,7-9H,2-4,6,10-11H2,1H3. The summed E-state index contributed by atoms with van der Waals surface area (Å²) >= 11 is 3.19. The number of alkyl halides is 1. The maximum Gasteiger partial charge on any atom is 0.147 e. The Kier molecular flexibility index (Phi) is 6.39. The number of carbonyl (C=O) groups is 1. The van der Waals surface area contributed by atoms with Crippen LogP contribution >= 0.6 is 15.9 Å². The lowest BCUT2D eigenvalue weighted by Gasteiger charge is -2.04. The van der Waals surface area contributed by atoms with E-state index in [4.69, 9.17) is 0 Å². The fourth-order valence-corrected chi connectivity index (χ4v) is 1.95.